The van der Waals surface area contributed by atoms with Crippen LogP contribution in [0, 0.1) is 0 Å². The Morgan fingerprint density at radius 1 is 0.489 bits per heavy atom. The zero-order valence-electron chi connectivity index (χ0n) is 23.6. The van der Waals surface area contributed by atoms with E-state index >= 15 is 0 Å². The van der Waals surface area contributed by atoms with Crippen LogP contribution in [0.3, 0.4) is 0 Å². The van der Waals surface area contributed by atoms with Crippen LogP contribution in [0.1, 0.15) is 36.6 Å². The van der Waals surface area contributed by atoms with Crippen molar-refractivity contribution in [1.29, 1.82) is 0 Å². The van der Waals surface area contributed by atoms with Gasteiger partial charge in [-0.2, -0.15) is 36.5 Å². The van der Waals surface area contributed by atoms with Crippen LogP contribution in [0.5, 0.6) is 0 Å². The van der Waals surface area contributed by atoms with E-state index in [4.69, 9.17) is 9.97 Å². The molecule has 0 aliphatic carbocycles. The standard InChI is InChI=1S/C31H22F6N8/c1-29(2,23-5-3-21(19-7-13-38-14-8-19)27(40-23)44-17-11-25(42-44)30(32,33)34)24-6-4-22(20-9-15-39-16-10-20)28(41-24)45-18-12-26(43-45)31(35,36)37/h3-18H,1-2H3. The minimum atomic E-state index is -4.66. The summed E-state index contributed by atoms with van der Waals surface area (Å²) in [7, 11) is 0. The Labute approximate surface area is 252 Å². The third-order valence-electron chi connectivity index (χ3n) is 7.21. The van der Waals surface area contributed by atoms with Crippen LogP contribution in [0.25, 0.3) is 33.9 Å². The Hall–Kier alpha value is -5.40. The van der Waals surface area contributed by atoms with Crippen LogP contribution in [0.15, 0.2) is 97.8 Å². The monoisotopic (exact) mass is 620 g/mol. The zero-order chi connectivity index (χ0) is 32.0. The van der Waals surface area contributed by atoms with Gasteiger partial charge >= 0.3 is 12.4 Å². The summed E-state index contributed by atoms with van der Waals surface area (Å²) < 4.78 is 82.8. The quantitative estimate of drug-likeness (QED) is 0.181. The Bertz CT molecular complexity index is 1820. The average molecular weight is 621 g/mol. The molecule has 0 atom stereocenters. The summed E-state index contributed by atoms with van der Waals surface area (Å²) in [6, 6.07) is 15.4. The Morgan fingerprint density at radius 2 is 0.867 bits per heavy atom. The fourth-order valence-corrected chi connectivity index (χ4v) is 4.77. The molecule has 0 aliphatic rings. The van der Waals surface area contributed by atoms with Crippen molar-refractivity contribution in [3.05, 3.63) is 121 Å². The minimum absolute atomic E-state index is 0.137. The van der Waals surface area contributed by atoms with E-state index in [1.807, 2.05) is 0 Å². The molecule has 0 unspecified atom stereocenters. The lowest BCUT2D eigenvalue weighted by molar-refractivity contribution is -0.142. The van der Waals surface area contributed by atoms with Crippen LogP contribution in [0.2, 0.25) is 0 Å². The van der Waals surface area contributed by atoms with Crippen molar-refractivity contribution in [2.24, 2.45) is 0 Å². The summed E-state index contributed by atoms with van der Waals surface area (Å²) in [6.45, 7) is 3.61. The number of nitrogens with zero attached hydrogens (tertiary/aromatic N) is 8. The molecule has 0 saturated carbocycles. The summed E-state index contributed by atoms with van der Waals surface area (Å²) in [6.07, 6.45) is -0.743. The molecule has 8 nitrogen and oxygen atoms in total. The first kappa shape index (κ1) is 29.7. The van der Waals surface area contributed by atoms with Gasteiger partial charge in [0.15, 0.2) is 23.0 Å². The van der Waals surface area contributed by atoms with Crippen LogP contribution in [-0.2, 0) is 17.8 Å². The molecule has 45 heavy (non-hydrogen) atoms. The maximum Gasteiger partial charge on any atom is 0.435 e. The molecule has 6 aromatic heterocycles. The Kier molecular flexibility index (Phi) is 7.22. The van der Waals surface area contributed by atoms with E-state index in [0.717, 1.165) is 21.5 Å². The third-order valence-corrected chi connectivity index (χ3v) is 7.21. The maximum atomic E-state index is 13.4. The minimum Gasteiger partial charge on any atom is -0.265 e. The first-order valence-corrected chi connectivity index (χ1v) is 13.4. The van der Waals surface area contributed by atoms with Crippen LogP contribution >= 0.6 is 0 Å². The van der Waals surface area contributed by atoms with E-state index in [1.54, 1.807) is 87.2 Å². The van der Waals surface area contributed by atoms with Crippen molar-refractivity contribution in [1.82, 2.24) is 39.5 Å². The molecular weight excluding hydrogens is 598 g/mol. The number of aromatic nitrogens is 8. The van der Waals surface area contributed by atoms with Gasteiger partial charge in [-0.1, -0.05) is 0 Å². The molecule has 6 aromatic rings. The highest BCUT2D eigenvalue weighted by Crippen LogP contribution is 2.36. The van der Waals surface area contributed by atoms with Gasteiger partial charge in [-0.25, -0.2) is 19.3 Å². The fourth-order valence-electron chi connectivity index (χ4n) is 4.77. The van der Waals surface area contributed by atoms with E-state index in [-0.39, 0.29) is 11.6 Å². The first-order chi connectivity index (χ1) is 21.3. The molecule has 0 aliphatic heterocycles. The van der Waals surface area contributed by atoms with Crippen molar-refractivity contribution in [3.63, 3.8) is 0 Å². The van der Waals surface area contributed by atoms with Gasteiger partial charge in [0.2, 0.25) is 0 Å². The second kappa shape index (κ2) is 10.9. The van der Waals surface area contributed by atoms with E-state index in [0.29, 0.717) is 33.6 Å². The molecule has 0 spiro atoms. The number of pyridine rings is 4. The molecule has 6 heterocycles. The number of hydrogen-bond acceptors (Lipinski definition) is 6. The van der Waals surface area contributed by atoms with Crippen molar-refractivity contribution in [2.75, 3.05) is 0 Å². The highest BCUT2D eigenvalue weighted by Gasteiger charge is 2.36. The molecule has 0 fully saturated rings. The van der Waals surface area contributed by atoms with Crippen molar-refractivity contribution < 1.29 is 26.3 Å². The molecule has 0 radical (unpaired) electrons. The van der Waals surface area contributed by atoms with Gasteiger partial charge in [0.05, 0.1) is 11.4 Å². The predicted octanol–water partition coefficient (Wildman–Crippen LogP) is 7.34. The maximum absolute atomic E-state index is 13.4. The molecule has 0 amide bonds. The number of hydrogen-bond donors (Lipinski definition) is 0. The van der Waals surface area contributed by atoms with E-state index < -0.39 is 29.2 Å². The van der Waals surface area contributed by atoms with Crippen LogP contribution in [-0.4, -0.2) is 39.5 Å². The van der Waals surface area contributed by atoms with Gasteiger partial charge in [-0.05, 0) is 85.6 Å². The topological polar surface area (TPSA) is 87.2 Å². The summed E-state index contributed by atoms with van der Waals surface area (Å²) in [5.74, 6) is 0.274. The number of alkyl halides is 6. The molecule has 228 valence electrons. The predicted molar refractivity (Wildman–Crippen MR) is 151 cm³/mol. The lowest BCUT2D eigenvalue weighted by atomic mass is 9.84. The first-order valence-electron chi connectivity index (χ1n) is 13.4. The van der Waals surface area contributed by atoms with Gasteiger partial charge in [0.1, 0.15) is 0 Å². The van der Waals surface area contributed by atoms with Gasteiger partial charge in [0, 0.05) is 53.7 Å². The normalized spacial score (nSPS) is 12.4. The van der Waals surface area contributed by atoms with E-state index in [1.165, 1.54) is 12.4 Å². The van der Waals surface area contributed by atoms with Crippen molar-refractivity contribution >= 4 is 0 Å². The molecule has 6 rings (SSSR count). The smallest absolute Gasteiger partial charge is 0.265 e. The summed E-state index contributed by atoms with van der Waals surface area (Å²) >= 11 is 0. The van der Waals surface area contributed by atoms with E-state index in [9.17, 15) is 26.3 Å². The summed E-state index contributed by atoms with van der Waals surface area (Å²) in [4.78, 5) is 17.6. The van der Waals surface area contributed by atoms with Crippen molar-refractivity contribution in [2.45, 2.75) is 31.6 Å². The Balaban J connectivity index is 1.50. The van der Waals surface area contributed by atoms with Gasteiger partial charge in [-0.15, -0.1) is 0 Å². The van der Waals surface area contributed by atoms with Gasteiger partial charge in [-0.3, -0.25) is 9.97 Å². The molecular formula is C31H22F6N8. The lowest BCUT2D eigenvalue weighted by Crippen LogP contribution is -2.24. The van der Waals surface area contributed by atoms with Gasteiger partial charge < -0.3 is 0 Å². The highest BCUT2D eigenvalue weighted by atomic mass is 19.4. The second-order valence-electron chi connectivity index (χ2n) is 10.5. The largest absolute Gasteiger partial charge is 0.435 e. The zero-order valence-corrected chi connectivity index (χ0v) is 23.6. The van der Waals surface area contributed by atoms with Gasteiger partial charge in [0.25, 0.3) is 0 Å². The third kappa shape index (κ3) is 5.78. The van der Waals surface area contributed by atoms with Crippen LogP contribution in [0.4, 0.5) is 26.3 Å². The molecule has 0 N–H and O–H groups in total. The fraction of sp³-hybridized carbons (Fsp3) is 0.161. The average Bonchev–Trinajstić information content (AvgIpc) is 3.73. The molecule has 14 heteroatoms. The van der Waals surface area contributed by atoms with Crippen LogP contribution < -0.4 is 0 Å². The second-order valence-corrected chi connectivity index (χ2v) is 10.5. The SMILES string of the molecule is CC(C)(c1ccc(-c2ccncc2)c(-n2ccc(C(F)(F)F)n2)n1)c1ccc(-c2ccncc2)c(-n2ccc(C(F)(F)F)n2)n1. The lowest BCUT2D eigenvalue weighted by Gasteiger charge is -2.26. The van der Waals surface area contributed by atoms with E-state index in [2.05, 4.69) is 20.2 Å². The molecule has 0 aromatic carbocycles. The number of halogens is 6. The van der Waals surface area contributed by atoms with Crippen molar-refractivity contribution in [3.8, 4) is 33.9 Å². The number of rotatable bonds is 6. The summed E-state index contributed by atoms with van der Waals surface area (Å²) in [5.41, 5.74) is 0.0200. The molecule has 0 saturated heterocycles. The summed E-state index contributed by atoms with van der Waals surface area (Å²) in [5, 5.41) is 7.49. The molecule has 0 bridgehead atoms. The Morgan fingerprint density at radius 3 is 1.20 bits per heavy atom. The highest BCUT2D eigenvalue weighted by molar-refractivity contribution is 5.72.